The lowest BCUT2D eigenvalue weighted by Gasteiger charge is -2.38. The summed E-state index contributed by atoms with van der Waals surface area (Å²) in [7, 11) is 0. The molecule has 2 heterocycles. The standard InChI is InChI=1S/C8H12N2O3/c11-6-5-9-8(7(12)10-6)1-3-13-4-2-8/h9H,1-5H2,(H,10,11,12). The van der Waals surface area contributed by atoms with Crippen molar-refractivity contribution in [3.8, 4) is 0 Å². The average molecular weight is 184 g/mol. The highest BCUT2D eigenvalue weighted by Crippen LogP contribution is 2.22. The molecule has 0 aromatic heterocycles. The Morgan fingerprint density at radius 3 is 2.54 bits per heavy atom. The van der Waals surface area contributed by atoms with E-state index in [-0.39, 0.29) is 18.4 Å². The van der Waals surface area contributed by atoms with E-state index in [0.29, 0.717) is 26.1 Å². The van der Waals surface area contributed by atoms with Crippen LogP contribution in [0.5, 0.6) is 0 Å². The van der Waals surface area contributed by atoms with E-state index in [9.17, 15) is 9.59 Å². The second kappa shape index (κ2) is 3.08. The van der Waals surface area contributed by atoms with Crippen LogP contribution in [0.4, 0.5) is 0 Å². The van der Waals surface area contributed by atoms with Crippen LogP contribution in [-0.2, 0) is 14.3 Å². The van der Waals surface area contributed by atoms with Crippen molar-refractivity contribution in [2.24, 2.45) is 0 Å². The molecule has 13 heavy (non-hydrogen) atoms. The van der Waals surface area contributed by atoms with E-state index in [2.05, 4.69) is 10.6 Å². The number of hydrogen-bond donors (Lipinski definition) is 2. The molecule has 5 nitrogen and oxygen atoms in total. The summed E-state index contributed by atoms with van der Waals surface area (Å²) in [5.74, 6) is -0.450. The fourth-order valence-corrected chi connectivity index (χ4v) is 1.74. The molecule has 0 aromatic rings. The van der Waals surface area contributed by atoms with Crippen LogP contribution in [0.15, 0.2) is 0 Å². The normalized spacial score (nSPS) is 27.4. The summed E-state index contributed by atoms with van der Waals surface area (Å²) in [4.78, 5) is 22.4. The molecule has 2 fully saturated rings. The van der Waals surface area contributed by atoms with Crippen molar-refractivity contribution >= 4 is 11.8 Å². The van der Waals surface area contributed by atoms with E-state index in [4.69, 9.17) is 4.74 Å². The summed E-state index contributed by atoms with van der Waals surface area (Å²) in [6, 6.07) is 0. The summed E-state index contributed by atoms with van der Waals surface area (Å²) in [6.45, 7) is 1.38. The summed E-state index contributed by atoms with van der Waals surface area (Å²) in [5.41, 5.74) is -0.549. The Balaban J connectivity index is 2.12. The van der Waals surface area contributed by atoms with Gasteiger partial charge >= 0.3 is 0 Å². The highest BCUT2D eigenvalue weighted by atomic mass is 16.5. The molecule has 0 atom stereocenters. The van der Waals surface area contributed by atoms with Gasteiger partial charge in [0, 0.05) is 13.2 Å². The van der Waals surface area contributed by atoms with Crippen molar-refractivity contribution < 1.29 is 14.3 Å². The minimum atomic E-state index is -0.549. The second-order valence-electron chi connectivity index (χ2n) is 3.43. The number of hydrogen-bond acceptors (Lipinski definition) is 4. The largest absolute Gasteiger partial charge is 0.381 e. The average Bonchev–Trinajstić information content (AvgIpc) is 2.14. The predicted molar refractivity (Wildman–Crippen MR) is 43.9 cm³/mol. The maximum absolute atomic E-state index is 11.5. The van der Waals surface area contributed by atoms with Crippen LogP contribution >= 0.6 is 0 Å². The lowest BCUT2D eigenvalue weighted by atomic mass is 9.87. The number of amides is 2. The fourth-order valence-electron chi connectivity index (χ4n) is 1.74. The Kier molecular flexibility index (Phi) is 2.05. The molecule has 0 radical (unpaired) electrons. The van der Waals surface area contributed by atoms with E-state index >= 15 is 0 Å². The Morgan fingerprint density at radius 2 is 1.92 bits per heavy atom. The number of carbonyl (C=O) groups is 2. The molecule has 0 bridgehead atoms. The minimum Gasteiger partial charge on any atom is -0.381 e. The molecule has 2 N–H and O–H groups in total. The summed E-state index contributed by atoms with van der Waals surface area (Å²) < 4.78 is 5.17. The van der Waals surface area contributed by atoms with Gasteiger partial charge in [-0.15, -0.1) is 0 Å². The molecule has 2 amide bonds. The first-order valence-electron chi connectivity index (χ1n) is 4.40. The van der Waals surface area contributed by atoms with E-state index in [1.165, 1.54) is 0 Å². The molecule has 2 aliphatic heterocycles. The fraction of sp³-hybridized carbons (Fsp3) is 0.750. The predicted octanol–water partition coefficient (Wildman–Crippen LogP) is -1.22. The Labute approximate surface area is 75.8 Å². The first kappa shape index (κ1) is 8.65. The molecule has 2 rings (SSSR count). The van der Waals surface area contributed by atoms with Crippen molar-refractivity contribution in [2.45, 2.75) is 18.4 Å². The molecule has 72 valence electrons. The van der Waals surface area contributed by atoms with Crippen molar-refractivity contribution in [3.05, 3.63) is 0 Å². The van der Waals surface area contributed by atoms with Crippen LogP contribution in [0.25, 0.3) is 0 Å². The number of imide groups is 1. The number of piperazine rings is 1. The van der Waals surface area contributed by atoms with Crippen LogP contribution in [-0.4, -0.2) is 37.1 Å². The lowest BCUT2D eigenvalue weighted by molar-refractivity contribution is -0.141. The zero-order chi connectivity index (χ0) is 9.31. The molecule has 1 spiro atoms. The molecular weight excluding hydrogens is 172 g/mol. The number of rotatable bonds is 0. The highest BCUT2D eigenvalue weighted by Gasteiger charge is 2.43. The Hall–Kier alpha value is -0.940. The van der Waals surface area contributed by atoms with Gasteiger partial charge in [0.15, 0.2) is 0 Å². The third-order valence-corrected chi connectivity index (χ3v) is 2.62. The first-order chi connectivity index (χ1) is 6.23. The van der Waals surface area contributed by atoms with Crippen LogP contribution in [0, 0.1) is 0 Å². The van der Waals surface area contributed by atoms with Crippen LogP contribution in [0.3, 0.4) is 0 Å². The van der Waals surface area contributed by atoms with Gasteiger partial charge < -0.3 is 4.74 Å². The SMILES string of the molecule is O=C1CNC2(CCOCC2)C(=O)N1. The molecule has 0 aliphatic carbocycles. The van der Waals surface area contributed by atoms with E-state index in [1.54, 1.807) is 0 Å². The molecule has 0 unspecified atom stereocenters. The maximum atomic E-state index is 11.5. The van der Waals surface area contributed by atoms with Gasteiger partial charge in [0.25, 0.3) is 0 Å². The number of ether oxygens (including phenoxy) is 1. The zero-order valence-electron chi connectivity index (χ0n) is 7.26. The molecule has 5 heteroatoms. The van der Waals surface area contributed by atoms with Crippen molar-refractivity contribution in [3.63, 3.8) is 0 Å². The third-order valence-electron chi connectivity index (χ3n) is 2.62. The maximum Gasteiger partial charge on any atom is 0.247 e. The Bertz CT molecular complexity index is 246. The summed E-state index contributed by atoms with van der Waals surface area (Å²) in [6.07, 6.45) is 1.29. The second-order valence-corrected chi connectivity index (χ2v) is 3.43. The molecular formula is C8H12N2O3. The van der Waals surface area contributed by atoms with Crippen molar-refractivity contribution in [1.29, 1.82) is 0 Å². The quantitative estimate of drug-likeness (QED) is 0.463. The minimum absolute atomic E-state index is 0.202. The van der Waals surface area contributed by atoms with Crippen molar-refractivity contribution in [1.82, 2.24) is 10.6 Å². The van der Waals surface area contributed by atoms with Gasteiger partial charge in [-0.1, -0.05) is 0 Å². The van der Waals surface area contributed by atoms with Gasteiger partial charge in [0.1, 0.15) is 5.54 Å². The van der Waals surface area contributed by atoms with Gasteiger partial charge in [-0.05, 0) is 12.8 Å². The number of carbonyl (C=O) groups excluding carboxylic acids is 2. The number of nitrogens with one attached hydrogen (secondary N) is 2. The lowest BCUT2D eigenvalue weighted by Crippen LogP contribution is -2.66. The van der Waals surface area contributed by atoms with Crippen LogP contribution in [0.1, 0.15) is 12.8 Å². The zero-order valence-corrected chi connectivity index (χ0v) is 7.26. The van der Waals surface area contributed by atoms with Crippen LogP contribution in [0.2, 0.25) is 0 Å². The summed E-state index contributed by atoms with van der Waals surface area (Å²) >= 11 is 0. The van der Waals surface area contributed by atoms with E-state index in [1.807, 2.05) is 0 Å². The van der Waals surface area contributed by atoms with E-state index in [0.717, 1.165) is 0 Å². The third kappa shape index (κ3) is 1.45. The first-order valence-corrected chi connectivity index (χ1v) is 4.40. The molecule has 2 saturated heterocycles. The highest BCUT2D eigenvalue weighted by molar-refractivity contribution is 6.03. The molecule has 0 aromatic carbocycles. The van der Waals surface area contributed by atoms with E-state index < -0.39 is 5.54 Å². The van der Waals surface area contributed by atoms with Gasteiger partial charge in [-0.25, -0.2) is 0 Å². The molecule has 0 saturated carbocycles. The van der Waals surface area contributed by atoms with Crippen molar-refractivity contribution in [2.75, 3.05) is 19.8 Å². The topological polar surface area (TPSA) is 67.4 Å². The van der Waals surface area contributed by atoms with Gasteiger partial charge in [0.05, 0.1) is 6.54 Å². The van der Waals surface area contributed by atoms with Crippen LogP contribution < -0.4 is 10.6 Å². The summed E-state index contributed by atoms with van der Waals surface area (Å²) in [5, 5.41) is 5.34. The smallest absolute Gasteiger partial charge is 0.247 e. The molecule has 2 aliphatic rings. The van der Waals surface area contributed by atoms with Gasteiger partial charge in [-0.2, -0.15) is 0 Å². The van der Waals surface area contributed by atoms with Gasteiger partial charge in [0.2, 0.25) is 11.8 Å². The van der Waals surface area contributed by atoms with Gasteiger partial charge in [-0.3, -0.25) is 20.2 Å². The Morgan fingerprint density at radius 1 is 1.23 bits per heavy atom. The monoisotopic (exact) mass is 184 g/mol.